The van der Waals surface area contributed by atoms with E-state index in [1.165, 1.54) is 11.1 Å². The Bertz CT molecular complexity index is 510. The van der Waals surface area contributed by atoms with E-state index in [1.807, 2.05) is 4.90 Å². The fraction of sp³-hybridized carbons (Fsp3) is 0.500. The summed E-state index contributed by atoms with van der Waals surface area (Å²) in [5.74, 6) is 2.84. The fourth-order valence-corrected chi connectivity index (χ4v) is 2.72. The molecule has 112 valence electrons. The Kier molecular flexibility index (Phi) is 5.83. The normalized spacial score (nSPS) is 15.7. The zero-order valence-electron chi connectivity index (χ0n) is 12.8. The molecule has 1 saturated heterocycles. The van der Waals surface area contributed by atoms with E-state index in [4.69, 9.17) is 6.42 Å². The van der Waals surface area contributed by atoms with Crippen LogP contribution in [0.4, 0.5) is 0 Å². The Balaban J connectivity index is 1.75. The highest BCUT2D eigenvalue weighted by Crippen LogP contribution is 2.11. The number of carbonyl (C=O) groups is 1. The van der Waals surface area contributed by atoms with Crippen LogP contribution in [0.3, 0.4) is 0 Å². The van der Waals surface area contributed by atoms with E-state index in [0.29, 0.717) is 12.8 Å². The SMILES string of the molecule is C#CCCCC(=O)N1CCN(Cc2cccc(C)c2)CC1. The topological polar surface area (TPSA) is 23.6 Å². The van der Waals surface area contributed by atoms with Crippen molar-refractivity contribution in [2.75, 3.05) is 26.2 Å². The second-order valence-electron chi connectivity index (χ2n) is 5.70. The maximum atomic E-state index is 12.0. The molecule has 2 rings (SSSR count). The first-order chi connectivity index (χ1) is 10.2. The van der Waals surface area contributed by atoms with Crippen molar-refractivity contribution in [1.82, 2.24) is 9.80 Å². The summed E-state index contributed by atoms with van der Waals surface area (Å²) < 4.78 is 0. The summed E-state index contributed by atoms with van der Waals surface area (Å²) >= 11 is 0. The van der Waals surface area contributed by atoms with Crippen molar-refractivity contribution >= 4 is 5.91 Å². The van der Waals surface area contributed by atoms with Crippen molar-refractivity contribution in [3.63, 3.8) is 0 Å². The van der Waals surface area contributed by atoms with E-state index < -0.39 is 0 Å². The molecule has 3 heteroatoms. The second kappa shape index (κ2) is 7.85. The number of carbonyl (C=O) groups excluding carboxylic acids is 1. The first kappa shape index (κ1) is 15.6. The maximum Gasteiger partial charge on any atom is 0.222 e. The van der Waals surface area contributed by atoms with E-state index in [2.05, 4.69) is 42.0 Å². The number of terminal acetylenes is 1. The van der Waals surface area contributed by atoms with Gasteiger partial charge in [-0.05, 0) is 18.9 Å². The van der Waals surface area contributed by atoms with Crippen LogP contribution in [0.2, 0.25) is 0 Å². The highest BCUT2D eigenvalue weighted by molar-refractivity contribution is 5.76. The number of aryl methyl sites for hydroxylation is 1. The molecule has 3 nitrogen and oxygen atoms in total. The van der Waals surface area contributed by atoms with Crippen LogP contribution in [0.1, 0.15) is 30.4 Å². The number of amides is 1. The summed E-state index contributed by atoms with van der Waals surface area (Å²) in [7, 11) is 0. The Labute approximate surface area is 127 Å². The van der Waals surface area contributed by atoms with Gasteiger partial charge < -0.3 is 4.90 Å². The molecule has 0 radical (unpaired) electrons. The van der Waals surface area contributed by atoms with Gasteiger partial charge in [0.25, 0.3) is 0 Å². The molecule has 0 N–H and O–H groups in total. The van der Waals surface area contributed by atoms with E-state index in [0.717, 1.165) is 39.1 Å². The quantitative estimate of drug-likeness (QED) is 0.612. The van der Waals surface area contributed by atoms with Gasteiger partial charge in [0.15, 0.2) is 0 Å². The summed E-state index contributed by atoms with van der Waals surface area (Å²) in [4.78, 5) is 16.4. The Hall–Kier alpha value is -1.79. The first-order valence-corrected chi connectivity index (χ1v) is 7.68. The van der Waals surface area contributed by atoms with E-state index in [1.54, 1.807) is 0 Å². The van der Waals surface area contributed by atoms with Gasteiger partial charge in [-0.25, -0.2) is 0 Å². The van der Waals surface area contributed by atoms with Gasteiger partial charge in [-0.3, -0.25) is 9.69 Å². The Morgan fingerprint density at radius 3 is 2.71 bits per heavy atom. The molecular formula is C18H24N2O. The predicted octanol–water partition coefficient (Wildman–Crippen LogP) is 2.44. The van der Waals surface area contributed by atoms with Crippen LogP contribution in [-0.4, -0.2) is 41.9 Å². The lowest BCUT2D eigenvalue weighted by atomic mass is 10.1. The molecule has 0 aromatic heterocycles. The molecule has 1 aromatic rings. The lowest BCUT2D eigenvalue weighted by molar-refractivity contribution is -0.133. The minimum absolute atomic E-state index is 0.250. The molecule has 0 atom stereocenters. The zero-order chi connectivity index (χ0) is 15.1. The summed E-state index contributed by atoms with van der Waals surface area (Å²) in [6, 6.07) is 8.63. The third-order valence-corrected chi connectivity index (χ3v) is 3.93. The molecule has 1 amide bonds. The Morgan fingerprint density at radius 2 is 2.05 bits per heavy atom. The lowest BCUT2D eigenvalue weighted by Crippen LogP contribution is -2.48. The number of benzene rings is 1. The molecule has 21 heavy (non-hydrogen) atoms. The molecule has 1 aliphatic heterocycles. The average molecular weight is 284 g/mol. The summed E-state index contributed by atoms with van der Waals surface area (Å²) in [6.07, 6.45) is 7.30. The average Bonchev–Trinajstić information content (AvgIpc) is 2.48. The van der Waals surface area contributed by atoms with Crippen LogP contribution in [-0.2, 0) is 11.3 Å². The van der Waals surface area contributed by atoms with Crippen molar-refractivity contribution in [3.8, 4) is 12.3 Å². The summed E-state index contributed by atoms with van der Waals surface area (Å²) in [6.45, 7) is 6.67. The van der Waals surface area contributed by atoms with Gasteiger partial charge in [0, 0.05) is 45.6 Å². The molecular weight excluding hydrogens is 260 g/mol. The van der Waals surface area contributed by atoms with Crippen LogP contribution >= 0.6 is 0 Å². The second-order valence-corrected chi connectivity index (χ2v) is 5.70. The minimum Gasteiger partial charge on any atom is -0.340 e. The van der Waals surface area contributed by atoms with Gasteiger partial charge in [-0.2, -0.15) is 0 Å². The summed E-state index contributed by atoms with van der Waals surface area (Å²) in [5.41, 5.74) is 2.65. The number of piperazine rings is 1. The molecule has 1 aromatic carbocycles. The van der Waals surface area contributed by atoms with Crippen LogP contribution < -0.4 is 0 Å². The number of rotatable bonds is 5. The van der Waals surface area contributed by atoms with Gasteiger partial charge in [0.1, 0.15) is 0 Å². The number of hydrogen-bond acceptors (Lipinski definition) is 2. The largest absolute Gasteiger partial charge is 0.340 e. The number of nitrogens with zero attached hydrogens (tertiary/aromatic N) is 2. The highest BCUT2D eigenvalue weighted by Gasteiger charge is 2.20. The summed E-state index contributed by atoms with van der Waals surface area (Å²) in [5, 5.41) is 0. The standard InChI is InChI=1S/C18H24N2O/c1-3-4-5-9-18(21)20-12-10-19(11-13-20)15-17-8-6-7-16(2)14-17/h1,6-8,14H,4-5,9-13,15H2,2H3. The predicted molar refractivity (Wildman–Crippen MR) is 85.7 cm³/mol. The number of unbranched alkanes of at least 4 members (excludes halogenated alkanes) is 1. The Morgan fingerprint density at radius 1 is 1.29 bits per heavy atom. The van der Waals surface area contributed by atoms with Crippen molar-refractivity contribution in [1.29, 1.82) is 0 Å². The fourth-order valence-electron chi connectivity index (χ4n) is 2.72. The monoisotopic (exact) mass is 284 g/mol. The zero-order valence-corrected chi connectivity index (χ0v) is 12.8. The van der Waals surface area contributed by atoms with Crippen LogP contribution in [0.25, 0.3) is 0 Å². The molecule has 0 spiro atoms. The third-order valence-electron chi connectivity index (χ3n) is 3.93. The first-order valence-electron chi connectivity index (χ1n) is 7.68. The number of hydrogen-bond donors (Lipinski definition) is 0. The van der Waals surface area contributed by atoms with Crippen molar-refractivity contribution in [2.24, 2.45) is 0 Å². The van der Waals surface area contributed by atoms with Gasteiger partial charge >= 0.3 is 0 Å². The van der Waals surface area contributed by atoms with Crippen LogP contribution in [0.5, 0.6) is 0 Å². The molecule has 0 bridgehead atoms. The highest BCUT2D eigenvalue weighted by atomic mass is 16.2. The van der Waals surface area contributed by atoms with E-state index in [9.17, 15) is 4.79 Å². The van der Waals surface area contributed by atoms with Crippen molar-refractivity contribution in [2.45, 2.75) is 32.7 Å². The molecule has 0 saturated carbocycles. The molecule has 0 aliphatic carbocycles. The molecule has 1 fully saturated rings. The maximum absolute atomic E-state index is 12.0. The van der Waals surface area contributed by atoms with Gasteiger partial charge in [-0.1, -0.05) is 29.8 Å². The molecule has 0 unspecified atom stereocenters. The molecule has 1 heterocycles. The van der Waals surface area contributed by atoms with Gasteiger partial charge in [0.2, 0.25) is 5.91 Å². The van der Waals surface area contributed by atoms with Gasteiger partial charge in [0.05, 0.1) is 0 Å². The molecule has 1 aliphatic rings. The smallest absolute Gasteiger partial charge is 0.222 e. The van der Waals surface area contributed by atoms with E-state index >= 15 is 0 Å². The minimum atomic E-state index is 0.250. The van der Waals surface area contributed by atoms with E-state index in [-0.39, 0.29) is 5.91 Å². The van der Waals surface area contributed by atoms with Crippen molar-refractivity contribution < 1.29 is 4.79 Å². The van der Waals surface area contributed by atoms with Crippen LogP contribution in [0, 0.1) is 19.3 Å². The lowest BCUT2D eigenvalue weighted by Gasteiger charge is -2.34. The third kappa shape index (κ3) is 4.91. The van der Waals surface area contributed by atoms with Crippen LogP contribution in [0.15, 0.2) is 24.3 Å². The van der Waals surface area contributed by atoms with Crippen molar-refractivity contribution in [3.05, 3.63) is 35.4 Å². The van der Waals surface area contributed by atoms with Gasteiger partial charge in [-0.15, -0.1) is 12.3 Å².